The number of halogens is 1. The van der Waals surface area contributed by atoms with Gasteiger partial charge in [0.2, 0.25) is 0 Å². The third kappa shape index (κ3) is 6.33. The van der Waals surface area contributed by atoms with Crippen molar-refractivity contribution in [2.75, 3.05) is 54.4 Å². The lowest BCUT2D eigenvalue weighted by Crippen LogP contribution is -2.49. The van der Waals surface area contributed by atoms with Gasteiger partial charge < -0.3 is 24.6 Å². The lowest BCUT2D eigenvalue weighted by Gasteiger charge is -2.44. The van der Waals surface area contributed by atoms with Gasteiger partial charge >= 0.3 is 0 Å². The summed E-state index contributed by atoms with van der Waals surface area (Å²) in [6.45, 7) is 10.9. The van der Waals surface area contributed by atoms with E-state index in [2.05, 4.69) is 35.9 Å². The quantitative estimate of drug-likeness (QED) is 0.283. The van der Waals surface area contributed by atoms with Crippen LogP contribution in [0.1, 0.15) is 65.1 Å². The van der Waals surface area contributed by atoms with E-state index in [4.69, 9.17) is 0 Å². The Balaban J connectivity index is 1.15. The van der Waals surface area contributed by atoms with Crippen molar-refractivity contribution in [3.8, 4) is 0 Å². The van der Waals surface area contributed by atoms with E-state index in [1.165, 1.54) is 12.1 Å². The lowest BCUT2D eigenvalue weighted by atomic mass is 9.83. The van der Waals surface area contributed by atoms with E-state index in [1.54, 1.807) is 18.2 Å². The fraction of sp³-hybridized carbons (Fsp3) is 0.359. The van der Waals surface area contributed by atoms with Gasteiger partial charge in [-0.1, -0.05) is 39.0 Å². The van der Waals surface area contributed by atoms with Crippen molar-refractivity contribution in [1.82, 2.24) is 9.47 Å². The van der Waals surface area contributed by atoms with Crippen molar-refractivity contribution in [3.05, 3.63) is 123 Å². The monoisotopic (exact) mass is 647 g/mol. The Bertz CT molecular complexity index is 1890. The molecular weight excluding hydrogens is 605 g/mol. The molecule has 0 aliphatic carbocycles. The number of nitrogens with zero attached hydrogens (tertiary/aromatic N) is 4. The Morgan fingerprint density at radius 2 is 1.50 bits per heavy atom. The molecular formula is C39H42FN5O3. The number of amides is 2. The second-order valence-electron chi connectivity index (χ2n) is 14.4. The Morgan fingerprint density at radius 1 is 0.792 bits per heavy atom. The molecule has 3 aliphatic heterocycles. The largest absolute Gasteiger partial charge is 0.369 e. The van der Waals surface area contributed by atoms with Gasteiger partial charge in [0, 0.05) is 80.3 Å². The van der Waals surface area contributed by atoms with Crippen molar-refractivity contribution in [1.29, 1.82) is 0 Å². The number of rotatable bonds is 5. The molecule has 0 spiro atoms. The molecule has 1 N–H and O–H groups in total. The molecule has 0 radical (unpaired) electrons. The van der Waals surface area contributed by atoms with Crippen LogP contribution in [0.15, 0.2) is 89.7 Å². The second-order valence-corrected chi connectivity index (χ2v) is 14.4. The average Bonchev–Trinajstić information content (AvgIpc) is 3.08. The topological polar surface area (TPSA) is 77.9 Å². The number of carbonyl (C=O) groups is 2. The van der Waals surface area contributed by atoms with Crippen LogP contribution in [0, 0.1) is 11.7 Å². The molecule has 7 rings (SSSR count). The molecule has 9 heteroatoms. The lowest BCUT2D eigenvalue weighted by molar-refractivity contribution is 0.0746. The second kappa shape index (κ2) is 12.6. The first kappa shape index (κ1) is 31.7. The zero-order valence-corrected chi connectivity index (χ0v) is 27.8. The summed E-state index contributed by atoms with van der Waals surface area (Å²) in [5.41, 5.74) is 5.68. The summed E-state index contributed by atoms with van der Waals surface area (Å²) >= 11 is 0. The number of fused-ring (bicyclic) bond motifs is 4. The SMILES string of the molecule is CC(C)(C)c1ccc(C(=O)Nc2cc(C(=O)N3CCN(c4ccc(F)cc4)CC3)ccc2N2CC3CC(C2)c2cccc(=O)n2C3)cc1. The summed E-state index contributed by atoms with van der Waals surface area (Å²) in [5, 5.41) is 3.16. The van der Waals surface area contributed by atoms with Crippen LogP contribution in [0.4, 0.5) is 21.5 Å². The Hall–Kier alpha value is -4.92. The fourth-order valence-corrected chi connectivity index (χ4v) is 7.46. The smallest absolute Gasteiger partial charge is 0.255 e. The molecule has 2 fully saturated rings. The van der Waals surface area contributed by atoms with Gasteiger partial charge in [0.05, 0.1) is 11.4 Å². The Morgan fingerprint density at radius 3 is 2.21 bits per heavy atom. The number of nitrogens with one attached hydrogen (secondary N) is 1. The number of anilines is 3. The maximum atomic E-state index is 13.8. The Kier molecular flexibility index (Phi) is 8.31. The molecule has 2 amide bonds. The molecule has 248 valence electrons. The first-order chi connectivity index (χ1) is 23.0. The third-order valence-electron chi connectivity index (χ3n) is 10.1. The van der Waals surface area contributed by atoms with Gasteiger partial charge in [-0.05, 0) is 84.0 Å². The van der Waals surface area contributed by atoms with Crippen LogP contribution >= 0.6 is 0 Å². The van der Waals surface area contributed by atoms with Crippen LogP contribution in [0.2, 0.25) is 0 Å². The van der Waals surface area contributed by atoms with E-state index in [0.29, 0.717) is 62.0 Å². The van der Waals surface area contributed by atoms with E-state index >= 15 is 0 Å². The maximum Gasteiger partial charge on any atom is 0.255 e. The number of hydrogen-bond donors (Lipinski definition) is 1. The highest BCUT2D eigenvalue weighted by Gasteiger charge is 2.35. The molecule has 3 aliphatic rings. The first-order valence-corrected chi connectivity index (χ1v) is 16.8. The minimum absolute atomic E-state index is 0.0303. The van der Waals surface area contributed by atoms with Gasteiger partial charge in [0.25, 0.3) is 17.4 Å². The minimum Gasteiger partial charge on any atom is -0.369 e. The van der Waals surface area contributed by atoms with E-state index in [1.807, 2.05) is 64.1 Å². The molecule has 4 aromatic rings. The van der Waals surface area contributed by atoms with E-state index < -0.39 is 0 Å². The zero-order valence-electron chi connectivity index (χ0n) is 27.8. The highest BCUT2D eigenvalue weighted by Crippen LogP contribution is 2.39. The highest BCUT2D eigenvalue weighted by atomic mass is 19.1. The number of pyridine rings is 1. The molecule has 48 heavy (non-hydrogen) atoms. The maximum absolute atomic E-state index is 13.8. The van der Waals surface area contributed by atoms with Crippen LogP contribution < -0.4 is 20.7 Å². The fourth-order valence-electron chi connectivity index (χ4n) is 7.46. The molecule has 2 bridgehead atoms. The Labute approximate surface area is 280 Å². The van der Waals surface area contributed by atoms with Gasteiger partial charge in [0.1, 0.15) is 5.82 Å². The first-order valence-electron chi connectivity index (χ1n) is 16.8. The van der Waals surface area contributed by atoms with Crippen molar-refractivity contribution in [3.63, 3.8) is 0 Å². The van der Waals surface area contributed by atoms with Crippen LogP contribution in [-0.4, -0.2) is 60.5 Å². The van der Waals surface area contributed by atoms with Crippen molar-refractivity contribution >= 4 is 28.9 Å². The molecule has 3 aromatic carbocycles. The van der Waals surface area contributed by atoms with Crippen molar-refractivity contribution in [2.45, 2.75) is 45.1 Å². The highest BCUT2D eigenvalue weighted by molar-refractivity contribution is 6.07. The molecule has 2 unspecified atom stereocenters. The standard InChI is InChI=1S/C39H42FN5O3/c1-39(2,3)30-10-7-27(8-11-30)37(47)41-33-22-28(38(48)43-19-17-42(18-20-43)32-14-12-31(40)13-15-32)9-16-35(33)44-23-26-21-29(25-44)34-5-4-6-36(46)45(34)24-26/h4-16,22,26,29H,17-21,23-25H2,1-3H3,(H,41,47). The van der Waals surface area contributed by atoms with Gasteiger partial charge in [-0.25, -0.2) is 4.39 Å². The summed E-state index contributed by atoms with van der Waals surface area (Å²) in [5.74, 6) is -0.103. The van der Waals surface area contributed by atoms with Gasteiger partial charge in [-0.2, -0.15) is 0 Å². The summed E-state index contributed by atoms with van der Waals surface area (Å²) in [6.07, 6.45) is 1.02. The van der Waals surface area contributed by atoms with Crippen LogP contribution in [0.25, 0.3) is 0 Å². The van der Waals surface area contributed by atoms with Crippen LogP contribution in [0.5, 0.6) is 0 Å². The number of benzene rings is 3. The van der Waals surface area contributed by atoms with Gasteiger partial charge in [-0.15, -0.1) is 0 Å². The molecule has 0 saturated carbocycles. The zero-order chi connectivity index (χ0) is 33.6. The number of hydrogen-bond acceptors (Lipinski definition) is 5. The predicted molar refractivity (Wildman–Crippen MR) is 188 cm³/mol. The summed E-state index contributed by atoms with van der Waals surface area (Å²) < 4.78 is 15.4. The normalized spacial score (nSPS) is 19.1. The average molecular weight is 648 g/mol. The number of piperazine rings is 1. The van der Waals surface area contributed by atoms with Gasteiger partial charge in [-0.3, -0.25) is 14.4 Å². The molecule has 2 atom stereocenters. The number of carbonyl (C=O) groups excluding carboxylic acids is 2. The molecule has 2 saturated heterocycles. The van der Waals surface area contributed by atoms with E-state index in [9.17, 15) is 18.8 Å². The molecule has 8 nitrogen and oxygen atoms in total. The minimum atomic E-state index is -0.270. The van der Waals surface area contributed by atoms with Crippen molar-refractivity contribution < 1.29 is 14.0 Å². The van der Waals surface area contributed by atoms with Crippen molar-refractivity contribution in [2.24, 2.45) is 5.92 Å². The van der Waals surface area contributed by atoms with E-state index in [-0.39, 0.29) is 34.5 Å². The van der Waals surface area contributed by atoms with E-state index in [0.717, 1.165) is 35.6 Å². The molecule has 1 aromatic heterocycles. The molecule has 4 heterocycles. The number of aromatic nitrogens is 1. The third-order valence-corrected chi connectivity index (χ3v) is 10.1. The summed E-state index contributed by atoms with van der Waals surface area (Å²) in [4.78, 5) is 46.4. The summed E-state index contributed by atoms with van der Waals surface area (Å²) in [7, 11) is 0. The predicted octanol–water partition coefficient (Wildman–Crippen LogP) is 6.12. The van der Waals surface area contributed by atoms with Crippen LogP contribution in [-0.2, 0) is 12.0 Å². The summed E-state index contributed by atoms with van der Waals surface area (Å²) in [6, 6.07) is 25.3. The number of piperidine rings is 1. The van der Waals surface area contributed by atoms with Gasteiger partial charge in [0.15, 0.2) is 0 Å². The van der Waals surface area contributed by atoms with Crippen LogP contribution in [0.3, 0.4) is 0 Å².